The summed E-state index contributed by atoms with van der Waals surface area (Å²) in [5.74, 6) is -5.86. The van der Waals surface area contributed by atoms with Gasteiger partial charge >= 0.3 is 0 Å². The van der Waals surface area contributed by atoms with Crippen molar-refractivity contribution in [1.29, 1.82) is 0 Å². The zero-order valence-corrected chi connectivity index (χ0v) is 18.1. The molecule has 3 fully saturated rings. The quantitative estimate of drug-likeness (QED) is 0.447. The molecule has 0 unspecified atom stereocenters. The van der Waals surface area contributed by atoms with E-state index in [0.29, 0.717) is 6.07 Å². The minimum Gasteiger partial charge on any atom is -0.488 e. The van der Waals surface area contributed by atoms with Gasteiger partial charge in [0.15, 0.2) is 5.60 Å². The first-order chi connectivity index (χ1) is 16.5. The molecule has 1 atom stereocenters. The number of benzene rings is 2. The van der Waals surface area contributed by atoms with Crippen LogP contribution in [0.4, 0.5) is 26.3 Å². The first-order valence-corrected chi connectivity index (χ1v) is 10.8. The third kappa shape index (κ3) is 3.57. The molecule has 6 nitrogen and oxygen atoms in total. The molecule has 2 bridgehead atoms. The fourth-order valence-corrected chi connectivity index (χ4v) is 5.60. The molecule has 3 aromatic rings. The fourth-order valence-electron chi connectivity index (χ4n) is 5.60. The molecule has 6 rings (SSSR count). The number of ether oxygens (including phenoxy) is 1. The highest BCUT2D eigenvalue weighted by atomic mass is 19.3. The largest absolute Gasteiger partial charge is 0.488 e. The molecule has 0 spiro atoms. The number of tetrazole rings is 1. The fraction of sp³-hybridized carbons (Fsp3) is 0.435. The first-order valence-electron chi connectivity index (χ1n) is 10.8. The average Bonchev–Trinajstić information content (AvgIpc) is 3.23. The van der Waals surface area contributed by atoms with Gasteiger partial charge in [-0.2, -0.15) is 0 Å². The molecular formula is C23H20F6N4O2. The normalized spacial score (nSPS) is 25.0. The van der Waals surface area contributed by atoms with E-state index < -0.39 is 59.1 Å². The van der Waals surface area contributed by atoms with Gasteiger partial charge in [0.2, 0.25) is 0 Å². The molecule has 35 heavy (non-hydrogen) atoms. The second kappa shape index (κ2) is 7.94. The lowest BCUT2D eigenvalue weighted by Gasteiger charge is -2.74. The molecule has 3 aliphatic rings. The Labute approximate surface area is 195 Å². The summed E-state index contributed by atoms with van der Waals surface area (Å²) in [6.45, 7) is -1.60. The topological polar surface area (TPSA) is 73.1 Å². The summed E-state index contributed by atoms with van der Waals surface area (Å²) < 4.78 is 90.9. The van der Waals surface area contributed by atoms with Crippen LogP contribution in [0.15, 0.2) is 48.8 Å². The van der Waals surface area contributed by atoms with Gasteiger partial charge in [0, 0.05) is 17.0 Å². The Morgan fingerprint density at radius 3 is 2.31 bits per heavy atom. The second-order valence-electron chi connectivity index (χ2n) is 9.38. The molecular weight excluding hydrogens is 478 g/mol. The monoisotopic (exact) mass is 498 g/mol. The van der Waals surface area contributed by atoms with Gasteiger partial charge in [0.05, 0.1) is 6.54 Å². The predicted octanol–water partition coefficient (Wildman–Crippen LogP) is 4.24. The van der Waals surface area contributed by atoms with Gasteiger partial charge in [-0.15, -0.1) is 5.10 Å². The number of aliphatic hydroxyl groups is 1. The zero-order valence-electron chi connectivity index (χ0n) is 18.1. The molecule has 12 heteroatoms. The maximum absolute atomic E-state index is 16.1. The van der Waals surface area contributed by atoms with Crippen molar-refractivity contribution in [3.8, 4) is 5.75 Å². The van der Waals surface area contributed by atoms with E-state index in [-0.39, 0.29) is 25.0 Å². The van der Waals surface area contributed by atoms with Gasteiger partial charge < -0.3 is 9.84 Å². The van der Waals surface area contributed by atoms with E-state index in [1.165, 1.54) is 12.1 Å². The van der Waals surface area contributed by atoms with Crippen molar-refractivity contribution in [2.24, 2.45) is 5.41 Å². The number of hydrogen-bond acceptors (Lipinski definition) is 5. The number of rotatable bonds is 9. The lowest BCUT2D eigenvalue weighted by Crippen LogP contribution is -2.76. The van der Waals surface area contributed by atoms with Crippen LogP contribution in [0.3, 0.4) is 0 Å². The number of alkyl halides is 4. The van der Waals surface area contributed by atoms with Crippen LogP contribution in [0, 0.1) is 17.0 Å². The van der Waals surface area contributed by atoms with Crippen molar-refractivity contribution in [3.05, 3.63) is 71.6 Å². The molecule has 0 amide bonds. The van der Waals surface area contributed by atoms with E-state index in [2.05, 4.69) is 15.5 Å². The summed E-state index contributed by atoms with van der Waals surface area (Å²) in [7, 11) is 0. The van der Waals surface area contributed by atoms with Gasteiger partial charge in [-0.1, -0.05) is 12.1 Å². The van der Waals surface area contributed by atoms with Gasteiger partial charge in [0.25, 0.3) is 12.3 Å². The molecule has 3 aliphatic carbocycles. The third-order valence-corrected chi connectivity index (χ3v) is 7.22. The Morgan fingerprint density at radius 1 is 1.06 bits per heavy atom. The number of hydrogen-bond donors (Lipinski definition) is 1. The molecule has 1 heterocycles. The van der Waals surface area contributed by atoms with Gasteiger partial charge in [-0.05, 0) is 64.9 Å². The van der Waals surface area contributed by atoms with Crippen LogP contribution in [0.2, 0.25) is 0 Å². The van der Waals surface area contributed by atoms with E-state index in [4.69, 9.17) is 4.74 Å². The van der Waals surface area contributed by atoms with E-state index in [0.717, 1.165) is 28.7 Å². The first kappa shape index (κ1) is 23.6. The molecule has 0 radical (unpaired) electrons. The highest BCUT2D eigenvalue weighted by molar-refractivity contribution is 5.44. The molecule has 0 saturated heterocycles. The smallest absolute Gasteiger partial charge is 0.287 e. The van der Waals surface area contributed by atoms with Crippen molar-refractivity contribution >= 4 is 0 Å². The van der Waals surface area contributed by atoms with Crippen molar-refractivity contribution in [1.82, 2.24) is 20.2 Å². The van der Waals surface area contributed by atoms with E-state index in [1.807, 2.05) is 0 Å². The van der Waals surface area contributed by atoms with Crippen LogP contribution >= 0.6 is 0 Å². The number of aromatic nitrogens is 4. The molecule has 2 aromatic carbocycles. The molecule has 186 valence electrons. The van der Waals surface area contributed by atoms with Crippen LogP contribution in [-0.4, -0.2) is 44.3 Å². The van der Waals surface area contributed by atoms with Gasteiger partial charge in [-0.25, -0.2) is 31.0 Å². The summed E-state index contributed by atoms with van der Waals surface area (Å²) in [5, 5.41) is 21.6. The molecule has 3 saturated carbocycles. The SMILES string of the molecule is O[C@](Cn1cnnn1)(c1ccc(F)cc1F)C(F)(F)C12CC(c3ccc(OCC(F)F)cc3)(C1)C2. The summed E-state index contributed by atoms with van der Waals surface area (Å²) in [6.07, 6.45) is -1.54. The van der Waals surface area contributed by atoms with Crippen LogP contribution < -0.4 is 4.74 Å². The van der Waals surface area contributed by atoms with Crippen molar-refractivity contribution in [3.63, 3.8) is 0 Å². The summed E-state index contributed by atoms with van der Waals surface area (Å²) >= 11 is 0. The van der Waals surface area contributed by atoms with Crippen LogP contribution in [0.5, 0.6) is 5.75 Å². The standard InChI is InChI=1S/C23H20F6N4O2/c24-15-3-6-17(18(25)7-15)22(34,12-33-13-30-31-32-33)23(28,29)21-9-20(10-21,11-21)14-1-4-16(5-2-14)35-8-19(26)27/h1-7,13,19,34H,8-12H2/t20?,21?,22-/m1/s1. The molecule has 1 aromatic heterocycles. The van der Waals surface area contributed by atoms with E-state index >= 15 is 8.78 Å². The van der Waals surface area contributed by atoms with Crippen LogP contribution in [-0.2, 0) is 17.6 Å². The third-order valence-electron chi connectivity index (χ3n) is 7.22. The van der Waals surface area contributed by atoms with Crippen molar-refractivity contribution in [2.45, 2.75) is 49.2 Å². The Balaban J connectivity index is 1.41. The lowest BCUT2D eigenvalue weighted by molar-refractivity contribution is -0.347. The van der Waals surface area contributed by atoms with E-state index in [9.17, 15) is 22.7 Å². The van der Waals surface area contributed by atoms with Gasteiger partial charge in [0.1, 0.15) is 30.3 Å². The molecule has 1 N–H and O–H groups in total. The highest BCUT2D eigenvalue weighted by Gasteiger charge is 2.82. The Kier molecular flexibility index (Phi) is 5.35. The van der Waals surface area contributed by atoms with Crippen molar-refractivity contribution in [2.75, 3.05) is 6.61 Å². The maximum Gasteiger partial charge on any atom is 0.287 e. The maximum atomic E-state index is 16.1. The zero-order chi connectivity index (χ0) is 25.1. The lowest BCUT2D eigenvalue weighted by atomic mass is 9.30. The average molecular weight is 498 g/mol. The van der Waals surface area contributed by atoms with E-state index in [1.54, 1.807) is 12.1 Å². The number of halogens is 6. The van der Waals surface area contributed by atoms with Crippen LogP contribution in [0.1, 0.15) is 30.4 Å². The van der Waals surface area contributed by atoms with Gasteiger partial charge in [-0.3, -0.25) is 0 Å². The number of nitrogens with zero attached hydrogens (tertiary/aromatic N) is 4. The van der Waals surface area contributed by atoms with Crippen LogP contribution in [0.25, 0.3) is 0 Å². The van der Waals surface area contributed by atoms with Crippen molar-refractivity contribution < 1.29 is 36.2 Å². The Morgan fingerprint density at radius 2 is 1.74 bits per heavy atom. The summed E-state index contributed by atoms with van der Waals surface area (Å²) in [4.78, 5) is 0. The second-order valence-corrected chi connectivity index (χ2v) is 9.38. The molecule has 0 aliphatic heterocycles. The highest BCUT2D eigenvalue weighted by Crippen LogP contribution is 2.80. The Bertz CT molecular complexity index is 1200. The summed E-state index contributed by atoms with van der Waals surface area (Å²) in [6, 6.07) is 8.36. The Hall–Kier alpha value is -3.15. The minimum atomic E-state index is -3.83. The summed E-state index contributed by atoms with van der Waals surface area (Å²) in [5.41, 5.74) is -5.25. The minimum absolute atomic E-state index is 0.0188. The predicted molar refractivity (Wildman–Crippen MR) is 109 cm³/mol.